The quantitative estimate of drug-likeness (QED) is 0.725. The molecular weight excluding hydrogens is 202 g/mol. The molecule has 4 heteroatoms. The topological polar surface area (TPSA) is 44.4 Å². The van der Waals surface area contributed by atoms with Gasteiger partial charge in [-0.2, -0.15) is 0 Å². The summed E-state index contributed by atoms with van der Waals surface area (Å²) < 4.78 is 0. The largest absolute Gasteiger partial charge is 0.353 e. The number of amides is 1. The summed E-state index contributed by atoms with van der Waals surface area (Å²) in [5, 5.41) is 6.46. The van der Waals surface area contributed by atoms with Gasteiger partial charge in [-0.1, -0.05) is 12.8 Å². The average Bonchev–Trinajstić information content (AvgIpc) is 2.81. The van der Waals surface area contributed by atoms with Crippen molar-refractivity contribution in [1.82, 2.24) is 15.5 Å². The van der Waals surface area contributed by atoms with Crippen LogP contribution >= 0.6 is 0 Å². The molecule has 0 unspecified atom stereocenters. The number of piperazine rings is 1. The molecule has 2 rings (SSSR count). The monoisotopic (exact) mass is 225 g/mol. The molecule has 4 nitrogen and oxygen atoms in total. The Bertz CT molecular complexity index is 220. The van der Waals surface area contributed by atoms with Crippen LogP contribution in [0.4, 0.5) is 0 Å². The van der Waals surface area contributed by atoms with Crippen molar-refractivity contribution in [1.29, 1.82) is 0 Å². The fourth-order valence-corrected chi connectivity index (χ4v) is 2.56. The predicted molar refractivity (Wildman–Crippen MR) is 64.3 cm³/mol. The molecule has 0 bridgehead atoms. The molecule has 1 amide bonds. The maximum atomic E-state index is 11.7. The Morgan fingerprint density at radius 1 is 1.25 bits per heavy atom. The molecule has 1 heterocycles. The number of hydrogen-bond acceptors (Lipinski definition) is 3. The van der Waals surface area contributed by atoms with Gasteiger partial charge < -0.3 is 15.5 Å². The van der Waals surface area contributed by atoms with Crippen LogP contribution in [0, 0.1) is 0 Å². The van der Waals surface area contributed by atoms with E-state index in [1.54, 1.807) is 0 Å². The van der Waals surface area contributed by atoms with Crippen molar-refractivity contribution in [3.05, 3.63) is 0 Å². The van der Waals surface area contributed by atoms with Crippen LogP contribution in [-0.4, -0.2) is 49.6 Å². The lowest BCUT2D eigenvalue weighted by Gasteiger charge is -2.27. The molecule has 1 aliphatic heterocycles. The number of nitrogens with zero attached hydrogens (tertiary/aromatic N) is 1. The first-order valence-electron chi connectivity index (χ1n) is 6.57. The average molecular weight is 225 g/mol. The van der Waals surface area contributed by atoms with Gasteiger partial charge in [0.05, 0.1) is 0 Å². The highest BCUT2D eigenvalue weighted by Gasteiger charge is 2.17. The van der Waals surface area contributed by atoms with Crippen LogP contribution in [0.2, 0.25) is 0 Å². The Kier molecular flexibility index (Phi) is 4.60. The van der Waals surface area contributed by atoms with E-state index >= 15 is 0 Å². The smallest absolute Gasteiger partial charge is 0.221 e. The highest BCUT2D eigenvalue weighted by atomic mass is 16.1. The third-order valence-electron chi connectivity index (χ3n) is 3.58. The van der Waals surface area contributed by atoms with E-state index in [1.807, 2.05) is 0 Å². The van der Waals surface area contributed by atoms with Crippen molar-refractivity contribution in [2.75, 3.05) is 32.7 Å². The highest BCUT2D eigenvalue weighted by Crippen LogP contribution is 2.17. The number of carbonyl (C=O) groups is 1. The van der Waals surface area contributed by atoms with Crippen LogP contribution in [0.15, 0.2) is 0 Å². The Labute approximate surface area is 97.8 Å². The van der Waals surface area contributed by atoms with Crippen LogP contribution in [-0.2, 0) is 4.79 Å². The summed E-state index contributed by atoms with van der Waals surface area (Å²) in [5.41, 5.74) is 0. The minimum absolute atomic E-state index is 0.241. The van der Waals surface area contributed by atoms with Gasteiger partial charge in [0.1, 0.15) is 0 Å². The molecule has 0 aromatic carbocycles. The SMILES string of the molecule is O=C(CCN1CCNCC1)NC1CCCC1. The molecule has 0 radical (unpaired) electrons. The first kappa shape index (κ1) is 11.9. The third-order valence-corrected chi connectivity index (χ3v) is 3.58. The van der Waals surface area contributed by atoms with E-state index in [9.17, 15) is 4.79 Å². The lowest BCUT2D eigenvalue weighted by molar-refractivity contribution is -0.122. The minimum Gasteiger partial charge on any atom is -0.353 e. The first-order valence-corrected chi connectivity index (χ1v) is 6.57. The third kappa shape index (κ3) is 3.76. The van der Waals surface area contributed by atoms with Gasteiger partial charge in [0.25, 0.3) is 0 Å². The van der Waals surface area contributed by atoms with Gasteiger partial charge in [-0.05, 0) is 12.8 Å². The molecule has 92 valence electrons. The number of carbonyl (C=O) groups excluding carboxylic acids is 1. The first-order chi connectivity index (χ1) is 7.84. The summed E-state index contributed by atoms with van der Waals surface area (Å²) in [6.07, 6.45) is 5.58. The molecule has 16 heavy (non-hydrogen) atoms. The van der Waals surface area contributed by atoms with Crippen molar-refractivity contribution in [3.8, 4) is 0 Å². The zero-order valence-corrected chi connectivity index (χ0v) is 10.0. The number of rotatable bonds is 4. The van der Waals surface area contributed by atoms with E-state index in [0.29, 0.717) is 12.5 Å². The molecule has 0 atom stereocenters. The molecular formula is C12H23N3O. The van der Waals surface area contributed by atoms with Crippen LogP contribution < -0.4 is 10.6 Å². The van der Waals surface area contributed by atoms with Crippen LogP contribution in [0.3, 0.4) is 0 Å². The maximum Gasteiger partial charge on any atom is 0.221 e. The van der Waals surface area contributed by atoms with Crippen LogP contribution in [0.1, 0.15) is 32.1 Å². The summed E-state index contributed by atoms with van der Waals surface area (Å²) in [6.45, 7) is 5.20. The minimum atomic E-state index is 0.241. The normalized spacial score (nSPS) is 23.5. The summed E-state index contributed by atoms with van der Waals surface area (Å²) in [7, 11) is 0. The summed E-state index contributed by atoms with van der Waals surface area (Å²) in [5.74, 6) is 0.241. The van der Waals surface area contributed by atoms with Crippen molar-refractivity contribution in [2.45, 2.75) is 38.1 Å². The predicted octanol–water partition coefficient (Wildman–Crippen LogP) is 0.341. The van der Waals surface area contributed by atoms with E-state index in [0.717, 1.165) is 32.7 Å². The van der Waals surface area contributed by atoms with Gasteiger partial charge in [0.2, 0.25) is 5.91 Å². The molecule has 2 N–H and O–H groups in total. The van der Waals surface area contributed by atoms with E-state index < -0.39 is 0 Å². The van der Waals surface area contributed by atoms with E-state index in [4.69, 9.17) is 0 Å². The van der Waals surface area contributed by atoms with Crippen molar-refractivity contribution < 1.29 is 4.79 Å². The van der Waals surface area contributed by atoms with Gasteiger partial charge in [0.15, 0.2) is 0 Å². The molecule has 2 aliphatic rings. The standard InChI is InChI=1S/C12H23N3O/c16-12(14-11-3-1-2-4-11)5-8-15-9-6-13-7-10-15/h11,13H,1-10H2,(H,14,16). The molecule has 1 saturated heterocycles. The molecule has 1 saturated carbocycles. The van der Waals surface area contributed by atoms with Gasteiger partial charge in [0, 0.05) is 45.2 Å². The van der Waals surface area contributed by atoms with Crippen LogP contribution in [0.25, 0.3) is 0 Å². The fraction of sp³-hybridized carbons (Fsp3) is 0.917. The summed E-state index contributed by atoms with van der Waals surface area (Å²) in [6, 6.07) is 0.468. The maximum absolute atomic E-state index is 11.7. The Morgan fingerprint density at radius 2 is 1.94 bits per heavy atom. The van der Waals surface area contributed by atoms with Crippen molar-refractivity contribution in [2.24, 2.45) is 0 Å². The molecule has 2 fully saturated rings. The summed E-state index contributed by atoms with van der Waals surface area (Å²) in [4.78, 5) is 14.1. The van der Waals surface area contributed by atoms with Gasteiger partial charge >= 0.3 is 0 Å². The van der Waals surface area contributed by atoms with Gasteiger partial charge in [-0.3, -0.25) is 4.79 Å². The zero-order chi connectivity index (χ0) is 11.2. The van der Waals surface area contributed by atoms with E-state index in [1.165, 1.54) is 25.7 Å². The number of hydrogen-bond donors (Lipinski definition) is 2. The Morgan fingerprint density at radius 3 is 2.62 bits per heavy atom. The molecule has 1 aliphatic carbocycles. The van der Waals surface area contributed by atoms with Crippen molar-refractivity contribution >= 4 is 5.91 Å². The second kappa shape index (κ2) is 6.21. The Balaban J connectivity index is 1.59. The van der Waals surface area contributed by atoms with E-state index in [-0.39, 0.29) is 5.91 Å². The fourth-order valence-electron chi connectivity index (χ4n) is 2.56. The zero-order valence-electron chi connectivity index (χ0n) is 10.0. The van der Waals surface area contributed by atoms with E-state index in [2.05, 4.69) is 15.5 Å². The van der Waals surface area contributed by atoms with Crippen molar-refractivity contribution in [3.63, 3.8) is 0 Å². The van der Waals surface area contributed by atoms with Gasteiger partial charge in [-0.25, -0.2) is 0 Å². The lowest BCUT2D eigenvalue weighted by Crippen LogP contribution is -2.45. The van der Waals surface area contributed by atoms with Crippen LogP contribution in [0.5, 0.6) is 0 Å². The molecule has 0 aromatic rings. The molecule has 0 aromatic heterocycles. The van der Waals surface area contributed by atoms with Gasteiger partial charge in [-0.15, -0.1) is 0 Å². The Hall–Kier alpha value is -0.610. The highest BCUT2D eigenvalue weighted by molar-refractivity contribution is 5.76. The lowest BCUT2D eigenvalue weighted by atomic mass is 10.2. The number of nitrogens with one attached hydrogen (secondary N) is 2. The summed E-state index contributed by atoms with van der Waals surface area (Å²) >= 11 is 0. The second-order valence-electron chi connectivity index (χ2n) is 4.89. The second-order valence-corrected chi connectivity index (χ2v) is 4.89. The molecule has 0 spiro atoms.